The first-order valence-corrected chi connectivity index (χ1v) is 7.87. The Kier molecular flexibility index (Phi) is 5.33. The molecule has 0 aliphatic heterocycles. The molecule has 1 amide bonds. The molecule has 0 aliphatic rings. The summed E-state index contributed by atoms with van der Waals surface area (Å²) in [5.41, 5.74) is 1.27. The van der Waals surface area contributed by atoms with Gasteiger partial charge in [-0.3, -0.25) is 4.79 Å². The van der Waals surface area contributed by atoms with Gasteiger partial charge in [0.1, 0.15) is 18.0 Å². The van der Waals surface area contributed by atoms with E-state index in [1.54, 1.807) is 12.1 Å². The molecule has 0 bridgehead atoms. The van der Waals surface area contributed by atoms with E-state index < -0.39 is 12.0 Å². The first kappa shape index (κ1) is 17.7. The van der Waals surface area contributed by atoms with Gasteiger partial charge < -0.3 is 10.4 Å². The SMILES string of the molecule is O=C(NCc1ccc(F)cc1)c1ncn(C[C@@H](O)c2ccc(F)cc2)n1. The normalized spacial score (nSPS) is 12.0. The number of benzene rings is 2. The molecule has 0 aliphatic carbocycles. The third kappa shape index (κ3) is 4.48. The van der Waals surface area contributed by atoms with Crippen LogP contribution < -0.4 is 5.32 Å². The highest BCUT2D eigenvalue weighted by molar-refractivity contribution is 5.90. The highest BCUT2D eigenvalue weighted by atomic mass is 19.1. The van der Waals surface area contributed by atoms with E-state index in [2.05, 4.69) is 15.4 Å². The molecule has 0 saturated heterocycles. The first-order valence-electron chi connectivity index (χ1n) is 7.87. The van der Waals surface area contributed by atoms with Crippen LogP contribution in [-0.2, 0) is 13.1 Å². The molecule has 8 heteroatoms. The Hall–Kier alpha value is -3.13. The highest BCUT2D eigenvalue weighted by Crippen LogP contribution is 2.15. The Labute approximate surface area is 148 Å². The maximum absolute atomic E-state index is 12.9. The minimum Gasteiger partial charge on any atom is -0.386 e. The lowest BCUT2D eigenvalue weighted by atomic mass is 10.1. The lowest BCUT2D eigenvalue weighted by molar-refractivity contribution is 0.0938. The Balaban J connectivity index is 1.57. The summed E-state index contributed by atoms with van der Waals surface area (Å²) in [6, 6.07) is 11.2. The average molecular weight is 358 g/mol. The lowest BCUT2D eigenvalue weighted by Gasteiger charge is -2.10. The third-order valence-corrected chi connectivity index (χ3v) is 3.72. The van der Waals surface area contributed by atoms with E-state index in [-0.39, 0.29) is 30.5 Å². The summed E-state index contributed by atoms with van der Waals surface area (Å²) in [7, 11) is 0. The van der Waals surface area contributed by atoms with Crippen LogP contribution in [0.25, 0.3) is 0 Å². The van der Waals surface area contributed by atoms with Crippen LogP contribution in [0.3, 0.4) is 0 Å². The maximum Gasteiger partial charge on any atom is 0.291 e. The maximum atomic E-state index is 12.9. The number of hydrogen-bond donors (Lipinski definition) is 2. The molecule has 2 N–H and O–H groups in total. The number of hydrogen-bond acceptors (Lipinski definition) is 4. The first-order chi connectivity index (χ1) is 12.5. The van der Waals surface area contributed by atoms with Crippen molar-refractivity contribution in [3.05, 3.63) is 83.4 Å². The van der Waals surface area contributed by atoms with Crippen molar-refractivity contribution in [3.63, 3.8) is 0 Å². The molecule has 134 valence electrons. The number of amides is 1. The molecule has 0 spiro atoms. The van der Waals surface area contributed by atoms with Gasteiger partial charge in [0.2, 0.25) is 5.82 Å². The molecular formula is C18H16F2N4O2. The number of carbonyl (C=O) groups excluding carboxylic acids is 1. The zero-order valence-electron chi connectivity index (χ0n) is 13.6. The summed E-state index contributed by atoms with van der Waals surface area (Å²) < 4.78 is 27.1. The molecule has 26 heavy (non-hydrogen) atoms. The summed E-state index contributed by atoms with van der Waals surface area (Å²) in [6.07, 6.45) is 0.423. The van der Waals surface area contributed by atoms with Crippen LogP contribution in [0.2, 0.25) is 0 Å². The smallest absolute Gasteiger partial charge is 0.291 e. The zero-order chi connectivity index (χ0) is 18.5. The number of aromatic nitrogens is 3. The second-order valence-corrected chi connectivity index (χ2v) is 5.67. The van der Waals surface area contributed by atoms with E-state index in [1.807, 2.05) is 0 Å². The lowest BCUT2D eigenvalue weighted by Crippen LogP contribution is -2.24. The van der Waals surface area contributed by atoms with Crippen LogP contribution in [0, 0.1) is 11.6 Å². The number of nitrogens with one attached hydrogen (secondary N) is 1. The summed E-state index contributed by atoms with van der Waals surface area (Å²) in [5, 5.41) is 16.8. The van der Waals surface area contributed by atoms with Crippen molar-refractivity contribution in [3.8, 4) is 0 Å². The monoisotopic (exact) mass is 358 g/mol. The van der Waals surface area contributed by atoms with Gasteiger partial charge in [0.05, 0.1) is 12.6 Å². The Morgan fingerprint density at radius 1 is 1.08 bits per heavy atom. The van der Waals surface area contributed by atoms with E-state index in [9.17, 15) is 18.7 Å². The number of rotatable bonds is 6. The third-order valence-electron chi connectivity index (χ3n) is 3.72. The number of aliphatic hydroxyl groups is 1. The van der Waals surface area contributed by atoms with Gasteiger partial charge >= 0.3 is 0 Å². The fourth-order valence-electron chi connectivity index (χ4n) is 2.32. The van der Waals surface area contributed by atoms with Crippen LogP contribution in [0.4, 0.5) is 8.78 Å². The summed E-state index contributed by atoms with van der Waals surface area (Å²) in [4.78, 5) is 16.0. The molecule has 3 rings (SSSR count). The van der Waals surface area contributed by atoms with Gasteiger partial charge in [-0.05, 0) is 35.4 Å². The second-order valence-electron chi connectivity index (χ2n) is 5.67. The van der Waals surface area contributed by atoms with Crippen molar-refractivity contribution in [2.24, 2.45) is 0 Å². The fourth-order valence-corrected chi connectivity index (χ4v) is 2.32. The van der Waals surface area contributed by atoms with Gasteiger partial charge in [-0.2, -0.15) is 0 Å². The number of nitrogens with zero attached hydrogens (tertiary/aromatic N) is 3. The van der Waals surface area contributed by atoms with Crippen molar-refractivity contribution >= 4 is 5.91 Å². The fraction of sp³-hybridized carbons (Fsp3) is 0.167. The van der Waals surface area contributed by atoms with Gasteiger partial charge in [0, 0.05) is 6.54 Å². The van der Waals surface area contributed by atoms with Crippen molar-refractivity contribution in [1.29, 1.82) is 0 Å². The zero-order valence-corrected chi connectivity index (χ0v) is 13.6. The summed E-state index contributed by atoms with van der Waals surface area (Å²) >= 11 is 0. The minimum absolute atomic E-state index is 0.0431. The van der Waals surface area contributed by atoms with E-state index in [4.69, 9.17) is 0 Å². The van der Waals surface area contributed by atoms with Crippen molar-refractivity contribution in [1.82, 2.24) is 20.1 Å². The Morgan fingerprint density at radius 2 is 1.69 bits per heavy atom. The molecule has 0 fully saturated rings. The Bertz CT molecular complexity index is 879. The molecule has 1 aromatic heterocycles. The van der Waals surface area contributed by atoms with Gasteiger partial charge in [0.15, 0.2) is 0 Å². The molecule has 1 atom stereocenters. The van der Waals surface area contributed by atoms with E-state index in [1.165, 1.54) is 47.4 Å². The van der Waals surface area contributed by atoms with Crippen LogP contribution in [0.5, 0.6) is 0 Å². The molecular weight excluding hydrogens is 342 g/mol. The molecule has 3 aromatic rings. The molecule has 1 heterocycles. The number of aliphatic hydroxyl groups excluding tert-OH is 1. The van der Waals surface area contributed by atoms with E-state index >= 15 is 0 Å². The molecule has 0 radical (unpaired) electrons. The predicted octanol–water partition coefficient (Wildman–Crippen LogP) is 2.22. The number of halogens is 2. The number of carbonyl (C=O) groups is 1. The molecule has 0 saturated carbocycles. The average Bonchev–Trinajstić information content (AvgIpc) is 3.10. The van der Waals surface area contributed by atoms with Crippen LogP contribution in [0.15, 0.2) is 54.9 Å². The molecule has 2 aromatic carbocycles. The summed E-state index contributed by atoms with van der Waals surface area (Å²) in [5.74, 6) is -1.26. The standard InChI is InChI=1S/C18H16F2N4O2/c19-14-5-1-12(2-6-14)9-21-18(26)17-22-11-24(23-17)10-16(25)13-3-7-15(20)8-4-13/h1-8,11,16,25H,9-10H2,(H,21,26)/t16-/m1/s1. The van der Waals surface area contributed by atoms with E-state index in [0.717, 1.165) is 5.56 Å². The molecule has 6 nitrogen and oxygen atoms in total. The quantitative estimate of drug-likeness (QED) is 0.708. The topological polar surface area (TPSA) is 80.0 Å². The second kappa shape index (κ2) is 7.83. The molecule has 0 unspecified atom stereocenters. The van der Waals surface area contributed by atoms with Gasteiger partial charge in [0.25, 0.3) is 5.91 Å². The largest absolute Gasteiger partial charge is 0.386 e. The van der Waals surface area contributed by atoms with Crippen molar-refractivity contribution in [2.75, 3.05) is 0 Å². The van der Waals surface area contributed by atoms with E-state index in [0.29, 0.717) is 5.56 Å². The van der Waals surface area contributed by atoms with Gasteiger partial charge in [-0.25, -0.2) is 18.4 Å². The minimum atomic E-state index is -0.910. The van der Waals surface area contributed by atoms with Crippen LogP contribution in [0.1, 0.15) is 27.8 Å². The highest BCUT2D eigenvalue weighted by Gasteiger charge is 2.14. The van der Waals surface area contributed by atoms with Crippen LogP contribution in [-0.4, -0.2) is 25.8 Å². The van der Waals surface area contributed by atoms with Gasteiger partial charge in [-0.15, -0.1) is 5.10 Å². The summed E-state index contributed by atoms with van der Waals surface area (Å²) in [6.45, 7) is 0.287. The van der Waals surface area contributed by atoms with Gasteiger partial charge in [-0.1, -0.05) is 24.3 Å². The predicted molar refractivity (Wildman–Crippen MR) is 89.0 cm³/mol. The Morgan fingerprint density at radius 3 is 2.35 bits per heavy atom. The van der Waals surface area contributed by atoms with Crippen molar-refractivity contribution < 1.29 is 18.7 Å². The van der Waals surface area contributed by atoms with Crippen molar-refractivity contribution in [2.45, 2.75) is 19.2 Å². The van der Waals surface area contributed by atoms with Crippen LogP contribution >= 0.6 is 0 Å².